The third-order valence-electron chi connectivity index (χ3n) is 3.90. The molecule has 4 nitrogen and oxygen atoms in total. The standard InChI is InChI=1S/C19H24FN3O/c1-14(2)23(3)18-10-9-16(13-17(18)20)22-19(24)21-12-11-15-7-5-4-6-8-15/h4-10,13-14H,11-12H2,1-3H3,(H2,21,22,24). The maximum absolute atomic E-state index is 14.2. The number of benzene rings is 2. The molecule has 2 aromatic rings. The van der Waals surface area contributed by atoms with Crippen LogP contribution >= 0.6 is 0 Å². The van der Waals surface area contributed by atoms with Crippen LogP contribution in [0.2, 0.25) is 0 Å². The smallest absolute Gasteiger partial charge is 0.319 e. The van der Waals surface area contributed by atoms with Gasteiger partial charge < -0.3 is 15.5 Å². The summed E-state index contributed by atoms with van der Waals surface area (Å²) in [5.74, 6) is -0.353. The fourth-order valence-electron chi connectivity index (χ4n) is 2.29. The molecule has 0 aliphatic heterocycles. The van der Waals surface area contributed by atoms with Gasteiger partial charge in [-0.15, -0.1) is 0 Å². The minimum Gasteiger partial charge on any atom is -0.370 e. The van der Waals surface area contributed by atoms with Crippen molar-refractivity contribution in [3.63, 3.8) is 0 Å². The van der Waals surface area contributed by atoms with E-state index in [1.54, 1.807) is 12.1 Å². The van der Waals surface area contributed by atoms with E-state index in [0.717, 1.165) is 12.0 Å². The number of urea groups is 1. The Morgan fingerprint density at radius 1 is 1.17 bits per heavy atom. The lowest BCUT2D eigenvalue weighted by Gasteiger charge is -2.24. The molecular weight excluding hydrogens is 305 g/mol. The third-order valence-corrected chi connectivity index (χ3v) is 3.90. The number of nitrogens with one attached hydrogen (secondary N) is 2. The molecule has 0 unspecified atom stereocenters. The molecule has 0 heterocycles. The maximum atomic E-state index is 14.2. The van der Waals surface area contributed by atoms with E-state index < -0.39 is 0 Å². The average Bonchev–Trinajstić information content (AvgIpc) is 2.55. The van der Waals surface area contributed by atoms with Crippen LogP contribution < -0.4 is 15.5 Å². The minimum absolute atomic E-state index is 0.194. The Hall–Kier alpha value is -2.56. The summed E-state index contributed by atoms with van der Waals surface area (Å²) in [4.78, 5) is 13.7. The minimum atomic E-state index is -0.353. The molecule has 0 radical (unpaired) electrons. The molecule has 0 aliphatic carbocycles. The summed E-state index contributed by atoms with van der Waals surface area (Å²) < 4.78 is 14.2. The van der Waals surface area contributed by atoms with Gasteiger partial charge in [0.15, 0.2) is 0 Å². The molecule has 2 aromatic carbocycles. The highest BCUT2D eigenvalue weighted by Gasteiger charge is 2.11. The average molecular weight is 329 g/mol. The van der Waals surface area contributed by atoms with Crippen LogP contribution in [-0.4, -0.2) is 25.7 Å². The molecule has 2 amide bonds. The summed E-state index contributed by atoms with van der Waals surface area (Å²) in [6.07, 6.45) is 0.751. The second-order valence-corrected chi connectivity index (χ2v) is 5.99. The molecule has 0 saturated carbocycles. The van der Waals surface area contributed by atoms with Gasteiger partial charge in [-0.1, -0.05) is 30.3 Å². The molecular formula is C19H24FN3O. The quantitative estimate of drug-likeness (QED) is 0.840. The molecule has 0 fully saturated rings. The normalized spacial score (nSPS) is 10.5. The Bertz CT molecular complexity index is 674. The lowest BCUT2D eigenvalue weighted by molar-refractivity contribution is 0.252. The van der Waals surface area contributed by atoms with Crippen molar-refractivity contribution < 1.29 is 9.18 Å². The van der Waals surface area contributed by atoms with Crippen molar-refractivity contribution in [1.82, 2.24) is 5.32 Å². The summed E-state index contributed by atoms with van der Waals surface area (Å²) in [6, 6.07) is 14.5. The highest BCUT2D eigenvalue weighted by molar-refractivity contribution is 5.89. The number of carbonyl (C=O) groups is 1. The van der Waals surface area contributed by atoms with Crippen molar-refractivity contribution in [2.75, 3.05) is 23.8 Å². The van der Waals surface area contributed by atoms with Gasteiger partial charge in [0.1, 0.15) is 5.82 Å². The van der Waals surface area contributed by atoms with E-state index in [1.165, 1.54) is 6.07 Å². The zero-order valence-electron chi connectivity index (χ0n) is 14.3. The van der Waals surface area contributed by atoms with Gasteiger partial charge in [0, 0.05) is 25.3 Å². The van der Waals surface area contributed by atoms with E-state index in [0.29, 0.717) is 17.9 Å². The van der Waals surface area contributed by atoms with Crippen molar-refractivity contribution in [3.8, 4) is 0 Å². The predicted octanol–water partition coefficient (Wildman–Crippen LogP) is 4.03. The Morgan fingerprint density at radius 3 is 2.50 bits per heavy atom. The number of nitrogens with zero attached hydrogens (tertiary/aromatic N) is 1. The molecule has 0 aromatic heterocycles. The predicted molar refractivity (Wildman–Crippen MR) is 97.1 cm³/mol. The molecule has 5 heteroatoms. The molecule has 0 spiro atoms. The summed E-state index contributed by atoms with van der Waals surface area (Å²) in [6.45, 7) is 4.50. The van der Waals surface area contributed by atoms with Crippen LogP contribution in [0.4, 0.5) is 20.6 Å². The lowest BCUT2D eigenvalue weighted by atomic mass is 10.1. The Morgan fingerprint density at radius 2 is 1.88 bits per heavy atom. The van der Waals surface area contributed by atoms with Crippen LogP contribution in [0.5, 0.6) is 0 Å². The van der Waals surface area contributed by atoms with Gasteiger partial charge in [0.2, 0.25) is 0 Å². The molecule has 128 valence electrons. The lowest BCUT2D eigenvalue weighted by Crippen LogP contribution is -2.30. The van der Waals surface area contributed by atoms with Gasteiger partial charge >= 0.3 is 6.03 Å². The van der Waals surface area contributed by atoms with Crippen LogP contribution in [0.3, 0.4) is 0 Å². The van der Waals surface area contributed by atoms with E-state index in [1.807, 2.05) is 56.1 Å². The van der Waals surface area contributed by atoms with E-state index in [2.05, 4.69) is 10.6 Å². The van der Waals surface area contributed by atoms with Crippen molar-refractivity contribution in [3.05, 3.63) is 59.9 Å². The van der Waals surface area contributed by atoms with Gasteiger partial charge in [-0.3, -0.25) is 0 Å². The second-order valence-electron chi connectivity index (χ2n) is 5.99. The number of hydrogen-bond acceptors (Lipinski definition) is 2. The summed E-state index contributed by atoms with van der Waals surface area (Å²) in [5, 5.41) is 5.43. The van der Waals surface area contributed by atoms with Crippen LogP contribution in [-0.2, 0) is 6.42 Å². The van der Waals surface area contributed by atoms with E-state index in [-0.39, 0.29) is 17.9 Å². The van der Waals surface area contributed by atoms with E-state index in [4.69, 9.17) is 0 Å². The SMILES string of the molecule is CC(C)N(C)c1ccc(NC(=O)NCCc2ccccc2)cc1F. The Kier molecular flexibility index (Phi) is 6.18. The molecule has 0 aliphatic rings. The largest absolute Gasteiger partial charge is 0.370 e. The van der Waals surface area contributed by atoms with Gasteiger partial charge in [0.25, 0.3) is 0 Å². The van der Waals surface area contributed by atoms with Gasteiger partial charge in [-0.2, -0.15) is 0 Å². The highest BCUT2D eigenvalue weighted by Crippen LogP contribution is 2.23. The first kappa shape index (κ1) is 17.8. The number of hydrogen-bond donors (Lipinski definition) is 2. The van der Waals surface area contributed by atoms with Crippen molar-refractivity contribution in [2.24, 2.45) is 0 Å². The Balaban J connectivity index is 1.86. The van der Waals surface area contributed by atoms with Gasteiger partial charge in [-0.05, 0) is 44.0 Å². The van der Waals surface area contributed by atoms with E-state index in [9.17, 15) is 9.18 Å². The van der Waals surface area contributed by atoms with Crippen LogP contribution in [0.15, 0.2) is 48.5 Å². The number of anilines is 2. The first-order valence-electron chi connectivity index (χ1n) is 8.08. The molecule has 0 bridgehead atoms. The van der Waals surface area contributed by atoms with E-state index >= 15 is 0 Å². The van der Waals surface area contributed by atoms with Crippen molar-refractivity contribution in [1.29, 1.82) is 0 Å². The fraction of sp³-hybridized carbons (Fsp3) is 0.316. The summed E-state index contributed by atoms with van der Waals surface area (Å²) in [7, 11) is 1.84. The molecule has 24 heavy (non-hydrogen) atoms. The Labute approximate surface area is 142 Å². The van der Waals surface area contributed by atoms with Crippen LogP contribution in [0.1, 0.15) is 19.4 Å². The van der Waals surface area contributed by atoms with Crippen molar-refractivity contribution in [2.45, 2.75) is 26.3 Å². The summed E-state index contributed by atoms with van der Waals surface area (Å²) in [5.41, 5.74) is 2.11. The summed E-state index contributed by atoms with van der Waals surface area (Å²) >= 11 is 0. The zero-order chi connectivity index (χ0) is 17.5. The molecule has 0 atom stereocenters. The fourth-order valence-corrected chi connectivity index (χ4v) is 2.29. The maximum Gasteiger partial charge on any atom is 0.319 e. The number of carbonyl (C=O) groups excluding carboxylic acids is 1. The number of amides is 2. The first-order valence-corrected chi connectivity index (χ1v) is 8.08. The van der Waals surface area contributed by atoms with Gasteiger partial charge in [-0.25, -0.2) is 9.18 Å². The van der Waals surface area contributed by atoms with Crippen molar-refractivity contribution >= 4 is 17.4 Å². The van der Waals surface area contributed by atoms with Gasteiger partial charge in [0.05, 0.1) is 5.69 Å². The molecule has 0 saturated heterocycles. The highest BCUT2D eigenvalue weighted by atomic mass is 19.1. The molecule has 2 rings (SSSR count). The second kappa shape index (κ2) is 8.34. The third kappa shape index (κ3) is 4.98. The van der Waals surface area contributed by atoms with Crippen LogP contribution in [0, 0.1) is 5.82 Å². The zero-order valence-corrected chi connectivity index (χ0v) is 14.3. The number of rotatable bonds is 6. The molecule has 2 N–H and O–H groups in total. The topological polar surface area (TPSA) is 44.4 Å². The number of halogens is 1. The monoisotopic (exact) mass is 329 g/mol. The first-order chi connectivity index (χ1) is 11.5. The van der Waals surface area contributed by atoms with Crippen LogP contribution in [0.25, 0.3) is 0 Å².